The largest absolute Gasteiger partial charge is 0.478 e. The zero-order valence-corrected chi connectivity index (χ0v) is 17.9. The van der Waals surface area contributed by atoms with Gasteiger partial charge in [0.25, 0.3) is 10.0 Å². The monoisotopic (exact) mass is 443 g/mol. The van der Waals surface area contributed by atoms with Gasteiger partial charge in [-0.25, -0.2) is 13.2 Å². The molecule has 5 nitrogen and oxygen atoms in total. The molecule has 0 heterocycles. The van der Waals surface area contributed by atoms with E-state index in [1.165, 1.54) is 28.6 Å². The van der Waals surface area contributed by atoms with Crippen LogP contribution in [0.15, 0.2) is 114 Å². The van der Waals surface area contributed by atoms with Crippen LogP contribution in [0.2, 0.25) is 0 Å². The summed E-state index contributed by atoms with van der Waals surface area (Å²) in [6.07, 6.45) is 0. The third-order valence-corrected chi connectivity index (χ3v) is 6.91. The van der Waals surface area contributed by atoms with E-state index >= 15 is 0 Å². The van der Waals surface area contributed by atoms with Gasteiger partial charge < -0.3 is 5.11 Å². The summed E-state index contributed by atoms with van der Waals surface area (Å²) in [5.74, 6) is -1.06. The number of carboxylic acids is 1. The molecule has 0 aromatic heterocycles. The summed E-state index contributed by atoms with van der Waals surface area (Å²) in [5.41, 5.74) is 3.23. The van der Waals surface area contributed by atoms with E-state index in [2.05, 4.69) is 0 Å². The van der Waals surface area contributed by atoms with Gasteiger partial charge in [0.1, 0.15) is 0 Å². The summed E-state index contributed by atoms with van der Waals surface area (Å²) in [6, 6.07) is 31.6. The van der Waals surface area contributed by atoms with E-state index in [0.717, 1.165) is 16.7 Å². The predicted molar refractivity (Wildman–Crippen MR) is 125 cm³/mol. The molecule has 4 aromatic carbocycles. The van der Waals surface area contributed by atoms with Gasteiger partial charge in [-0.3, -0.25) is 4.31 Å². The van der Waals surface area contributed by atoms with Gasteiger partial charge in [-0.05, 0) is 53.1 Å². The van der Waals surface area contributed by atoms with Crippen LogP contribution in [0.5, 0.6) is 0 Å². The molecule has 0 unspecified atom stereocenters. The second kappa shape index (κ2) is 9.08. The van der Waals surface area contributed by atoms with E-state index in [0.29, 0.717) is 5.69 Å². The quantitative estimate of drug-likeness (QED) is 0.412. The van der Waals surface area contributed by atoms with Crippen molar-refractivity contribution in [3.63, 3.8) is 0 Å². The molecule has 32 heavy (non-hydrogen) atoms. The van der Waals surface area contributed by atoms with Crippen LogP contribution in [0, 0.1) is 0 Å². The molecule has 0 aliphatic carbocycles. The van der Waals surface area contributed by atoms with Crippen LogP contribution in [0.25, 0.3) is 11.1 Å². The highest BCUT2D eigenvalue weighted by Gasteiger charge is 2.25. The fourth-order valence-corrected chi connectivity index (χ4v) is 4.86. The van der Waals surface area contributed by atoms with Crippen molar-refractivity contribution in [2.45, 2.75) is 11.4 Å². The van der Waals surface area contributed by atoms with Gasteiger partial charge in [0, 0.05) is 0 Å². The Morgan fingerprint density at radius 2 is 1.22 bits per heavy atom. The first-order chi connectivity index (χ1) is 15.4. The maximum absolute atomic E-state index is 13.6. The molecule has 4 rings (SSSR count). The minimum absolute atomic E-state index is 0.0954. The van der Waals surface area contributed by atoms with Crippen LogP contribution in [0.3, 0.4) is 0 Å². The summed E-state index contributed by atoms with van der Waals surface area (Å²) in [6.45, 7) is 0.121. The van der Waals surface area contributed by atoms with Crippen LogP contribution in [-0.4, -0.2) is 19.5 Å². The second-order valence-electron chi connectivity index (χ2n) is 7.24. The van der Waals surface area contributed by atoms with Crippen molar-refractivity contribution >= 4 is 21.7 Å². The molecule has 160 valence electrons. The van der Waals surface area contributed by atoms with Gasteiger partial charge in [0.2, 0.25) is 0 Å². The lowest BCUT2D eigenvalue weighted by Gasteiger charge is -2.25. The Labute approximate surface area is 187 Å². The first-order valence-electron chi connectivity index (χ1n) is 10.0. The van der Waals surface area contributed by atoms with Crippen LogP contribution in [0.1, 0.15) is 15.9 Å². The molecule has 0 atom stereocenters. The van der Waals surface area contributed by atoms with Crippen molar-refractivity contribution in [2.75, 3.05) is 4.31 Å². The zero-order valence-electron chi connectivity index (χ0n) is 17.1. The molecule has 0 aliphatic rings. The highest BCUT2D eigenvalue weighted by molar-refractivity contribution is 7.92. The van der Waals surface area contributed by atoms with E-state index < -0.39 is 16.0 Å². The molecule has 0 aliphatic heterocycles. The van der Waals surface area contributed by atoms with Crippen molar-refractivity contribution < 1.29 is 18.3 Å². The first kappa shape index (κ1) is 21.3. The Hall–Kier alpha value is -3.90. The smallest absolute Gasteiger partial charge is 0.335 e. The fourth-order valence-electron chi connectivity index (χ4n) is 3.41. The Bertz CT molecular complexity index is 1300. The van der Waals surface area contributed by atoms with E-state index in [1.54, 1.807) is 24.3 Å². The molecular weight excluding hydrogens is 422 g/mol. The highest BCUT2D eigenvalue weighted by atomic mass is 32.2. The average Bonchev–Trinajstić information content (AvgIpc) is 2.84. The number of carboxylic acid groups (broad SMARTS) is 1. The number of hydrogen-bond acceptors (Lipinski definition) is 3. The number of nitrogens with zero attached hydrogens (tertiary/aromatic N) is 1. The molecule has 0 bridgehead atoms. The zero-order chi connectivity index (χ0) is 22.6. The Balaban J connectivity index is 1.72. The molecule has 0 amide bonds. The van der Waals surface area contributed by atoms with Gasteiger partial charge >= 0.3 is 5.97 Å². The lowest BCUT2D eigenvalue weighted by molar-refractivity contribution is 0.0697. The second-order valence-corrected chi connectivity index (χ2v) is 9.10. The van der Waals surface area contributed by atoms with Gasteiger partial charge in [-0.1, -0.05) is 72.8 Å². The van der Waals surface area contributed by atoms with Crippen molar-refractivity contribution in [3.8, 4) is 11.1 Å². The molecule has 0 saturated heterocycles. The van der Waals surface area contributed by atoms with Crippen LogP contribution in [0.4, 0.5) is 5.69 Å². The van der Waals surface area contributed by atoms with E-state index in [-0.39, 0.29) is 17.0 Å². The number of aromatic carboxylic acids is 1. The summed E-state index contributed by atoms with van der Waals surface area (Å²) < 4.78 is 28.5. The predicted octanol–water partition coefficient (Wildman–Crippen LogP) is 5.45. The third-order valence-electron chi connectivity index (χ3n) is 5.12. The third kappa shape index (κ3) is 4.55. The summed E-state index contributed by atoms with van der Waals surface area (Å²) in [4.78, 5) is 11.4. The van der Waals surface area contributed by atoms with Crippen molar-refractivity contribution in [1.82, 2.24) is 0 Å². The normalized spacial score (nSPS) is 11.1. The number of anilines is 1. The lowest BCUT2D eigenvalue weighted by Crippen LogP contribution is -2.30. The molecule has 0 saturated carbocycles. The highest BCUT2D eigenvalue weighted by Crippen LogP contribution is 2.28. The van der Waals surface area contributed by atoms with Crippen LogP contribution < -0.4 is 4.31 Å². The lowest BCUT2D eigenvalue weighted by atomic mass is 10.1. The minimum atomic E-state index is -3.90. The molecule has 0 spiro atoms. The maximum Gasteiger partial charge on any atom is 0.335 e. The fraction of sp³-hybridized carbons (Fsp3) is 0.0385. The Morgan fingerprint density at radius 3 is 1.78 bits per heavy atom. The van der Waals surface area contributed by atoms with E-state index in [4.69, 9.17) is 0 Å². The number of rotatable bonds is 7. The Morgan fingerprint density at radius 1 is 0.688 bits per heavy atom. The SMILES string of the molecule is O=C(O)c1ccc(N(Cc2ccccc2)S(=O)(=O)c2ccc(-c3ccccc3)cc2)cc1. The minimum Gasteiger partial charge on any atom is -0.478 e. The van der Waals surface area contributed by atoms with Crippen molar-refractivity contribution in [1.29, 1.82) is 0 Å². The van der Waals surface area contributed by atoms with Gasteiger partial charge in [0.15, 0.2) is 0 Å². The average molecular weight is 444 g/mol. The van der Waals surface area contributed by atoms with Gasteiger partial charge in [0.05, 0.1) is 22.7 Å². The van der Waals surface area contributed by atoms with E-state index in [1.807, 2.05) is 60.7 Å². The molecule has 1 N–H and O–H groups in total. The van der Waals surface area contributed by atoms with Crippen molar-refractivity contribution in [2.24, 2.45) is 0 Å². The topological polar surface area (TPSA) is 74.7 Å². The van der Waals surface area contributed by atoms with Crippen LogP contribution >= 0.6 is 0 Å². The van der Waals surface area contributed by atoms with E-state index in [9.17, 15) is 18.3 Å². The van der Waals surface area contributed by atoms with Gasteiger partial charge in [-0.15, -0.1) is 0 Å². The van der Waals surface area contributed by atoms with Crippen molar-refractivity contribution in [3.05, 3.63) is 120 Å². The number of carbonyl (C=O) groups is 1. The Kier molecular flexibility index (Phi) is 6.05. The molecule has 6 heteroatoms. The molecule has 0 radical (unpaired) electrons. The molecule has 0 fully saturated rings. The standard InChI is InChI=1S/C26H21NO4S/c28-26(29)23-11-15-24(16-12-23)27(19-20-7-3-1-4-8-20)32(30,31)25-17-13-22(14-18-25)21-9-5-2-6-10-21/h1-18H,19H2,(H,28,29). The maximum atomic E-state index is 13.6. The van der Waals surface area contributed by atoms with Crippen LogP contribution in [-0.2, 0) is 16.6 Å². The summed E-state index contributed by atoms with van der Waals surface area (Å²) in [7, 11) is -3.90. The summed E-state index contributed by atoms with van der Waals surface area (Å²) >= 11 is 0. The number of hydrogen-bond donors (Lipinski definition) is 1. The number of sulfonamides is 1. The first-order valence-corrected chi connectivity index (χ1v) is 11.4. The molecular formula is C26H21NO4S. The molecule has 4 aromatic rings. The number of benzene rings is 4. The van der Waals surface area contributed by atoms with Gasteiger partial charge in [-0.2, -0.15) is 0 Å². The summed E-state index contributed by atoms with van der Waals surface area (Å²) in [5, 5.41) is 9.18.